The lowest BCUT2D eigenvalue weighted by Gasteiger charge is -2.28. The second-order valence-electron chi connectivity index (χ2n) is 6.03. The highest BCUT2D eigenvalue weighted by molar-refractivity contribution is 5.80. The van der Waals surface area contributed by atoms with Crippen LogP contribution >= 0.6 is 0 Å². The van der Waals surface area contributed by atoms with Gasteiger partial charge in [-0.25, -0.2) is 0 Å². The molecule has 0 fully saturated rings. The average molecular weight is 287 g/mol. The van der Waals surface area contributed by atoms with Crippen LogP contribution in [0, 0.1) is 5.92 Å². The zero-order valence-electron chi connectivity index (χ0n) is 14.1. The number of hydrogen-bond donors (Lipinski definition) is 1. The van der Waals surface area contributed by atoms with E-state index < -0.39 is 5.54 Å². The Labute approximate surface area is 124 Å². The van der Waals surface area contributed by atoms with E-state index in [1.54, 1.807) is 0 Å². The molecule has 0 aliphatic heterocycles. The highest BCUT2D eigenvalue weighted by Crippen LogP contribution is 2.16. The zero-order chi connectivity index (χ0) is 15.6. The van der Waals surface area contributed by atoms with Crippen molar-refractivity contribution in [3.05, 3.63) is 0 Å². The third-order valence-corrected chi connectivity index (χ3v) is 3.79. The lowest BCUT2D eigenvalue weighted by Crippen LogP contribution is -2.50. The van der Waals surface area contributed by atoms with Gasteiger partial charge in [0.25, 0.3) is 0 Å². The first kappa shape index (κ1) is 19.4. The predicted molar refractivity (Wildman–Crippen MR) is 82.8 cm³/mol. The van der Waals surface area contributed by atoms with Gasteiger partial charge in [0.15, 0.2) is 0 Å². The molecule has 0 aromatic heterocycles. The maximum Gasteiger partial charge on any atom is 0.325 e. The fourth-order valence-electron chi connectivity index (χ4n) is 1.93. The van der Waals surface area contributed by atoms with E-state index in [0.717, 1.165) is 38.8 Å². The molecule has 4 nitrogen and oxygen atoms in total. The fraction of sp³-hybridized carbons (Fsp3) is 0.938. The van der Waals surface area contributed by atoms with Crippen molar-refractivity contribution >= 4 is 5.97 Å². The maximum atomic E-state index is 11.9. The first-order chi connectivity index (χ1) is 9.37. The van der Waals surface area contributed by atoms with Crippen molar-refractivity contribution in [2.45, 2.75) is 71.9 Å². The summed E-state index contributed by atoms with van der Waals surface area (Å²) < 4.78 is 10.7. The molecule has 120 valence electrons. The molecule has 0 aliphatic rings. The van der Waals surface area contributed by atoms with Gasteiger partial charge >= 0.3 is 5.97 Å². The summed E-state index contributed by atoms with van der Waals surface area (Å²) in [5, 5.41) is 3.30. The quantitative estimate of drug-likeness (QED) is 0.468. The molecule has 0 aromatic carbocycles. The van der Waals surface area contributed by atoms with E-state index >= 15 is 0 Å². The maximum absolute atomic E-state index is 11.9. The Morgan fingerprint density at radius 1 is 1.25 bits per heavy atom. The molecule has 0 spiro atoms. The molecular formula is C16H33NO3. The van der Waals surface area contributed by atoms with Gasteiger partial charge in [0.05, 0.1) is 13.2 Å². The number of hydrogen-bond acceptors (Lipinski definition) is 4. The molecule has 0 rings (SSSR count). The number of methoxy groups -OCH3 is 1. The Morgan fingerprint density at radius 3 is 2.40 bits per heavy atom. The van der Waals surface area contributed by atoms with Gasteiger partial charge in [0, 0.05) is 6.61 Å². The van der Waals surface area contributed by atoms with Gasteiger partial charge in [-0.1, -0.05) is 20.8 Å². The SMILES string of the molecule is CCCNC(C)(CCCCOC(C)C(C)C)C(=O)OC. The average Bonchev–Trinajstić information content (AvgIpc) is 2.43. The van der Waals surface area contributed by atoms with E-state index in [9.17, 15) is 4.79 Å². The third-order valence-electron chi connectivity index (χ3n) is 3.79. The van der Waals surface area contributed by atoms with Crippen molar-refractivity contribution < 1.29 is 14.3 Å². The molecule has 20 heavy (non-hydrogen) atoms. The van der Waals surface area contributed by atoms with E-state index in [1.807, 2.05) is 6.92 Å². The number of carbonyl (C=O) groups is 1. The van der Waals surface area contributed by atoms with Crippen LogP contribution in [0.4, 0.5) is 0 Å². The number of unbranched alkanes of at least 4 members (excludes halogenated alkanes) is 1. The zero-order valence-corrected chi connectivity index (χ0v) is 14.1. The van der Waals surface area contributed by atoms with Crippen molar-refractivity contribution in [1.29, 1.82) is 0 Å². The molecule has 0 heterocycles. The first-order valence-electron chi connectivity index (χ1n) is 7.82. The molecule has 1 N–H and O–H groups in total. The Kier molecular flexibility index (Phi) is 9.86. The highest BCUT2D eigenvalue weighted by atomic mass is 16.5. The number of esters is 1. The van der Waals surface area contributed by atoms with Gasteiger partial charge in [-0.2, -0.15) is 0 Å². The summed E-state index contributed by atoms with van der Waals surface area (Å²) in [5.74, 6) is 0.365. The molecule has 0 aliphatic carbocycles. The molecular weight excluding hydrogens is 254 g/mol. The van der Waals surface area contributed by atoms with Gasteiger partial charge in [0.2, 0.25) is 0 Å². The number of nitrogens with one attached hydrogen (secondary N) is 1. The first-order valence-corrected chi connectivity index (χ1v) is 7.82. The van der Waals surface area contributed by atoms with E-state index in [0.29, 0.717) is 12.0 Å². The highest BCUT2D eigenvalue weighted by Gasteiger charge is 2.32. The smallest absolute Gasteiger partial charge is 0.325 e. The fourth-order valence-corrected chi connectivity index (χ4v) is 1.93. The summed E-state index contributed by atoms with van der Waals surface area (Å²) in [7, 11) is 1.45. The van der Waals surface area contributed by atoms with Crippen LogP contribution in [-0.2, 0) is 14.3 Å². The lowest BCUT2D eigenvalue weighted by atomic mass is 9.94. The van der Waals surface area contributed by atoms with Gasteiger partial charge in [-0.05, 0) is 52.0 Å². The van der Waals surface area contributed by atoms with Crippen LogP contribution in [0.5, 0.6) is 0 Å². The summed E-state index contributed by atoms with van der Waals surface area (Å²) in [4.78, 5) is 11.9. The minimum atomic E-state index is -0.575. The standard InChI is InChI=1S/C16H33NO3/c1-7-11-17-16(5,15(18)19-6)10-8-9-12-20-14(4)13(2)3/h13-14,17H,7-12H2,1-6H3. The third kappa shape index (κ3) is 7.25. The largest absolute Gasteiger partial charge is 0.468 e. The van der Waals surface area contributed by atoms with E-state index in [2.05, 4.69) is 33.0 Å². The van der Waals surface area contributed by atoms with E-state index in [-0.39, 0.29) is 5.97 Å². The lowest BCUT2D eigenvalue weighted by molar-refractivity contribution is -0.148. The van der Waals surface area contributed by atoms with Crippen molar-refractivity contribution in [1.82, 2.24) is 5.32 Å². The van der Waals surface area contributed by atoms with Crippen molar-refractivity contribution in [2.24, 2.45) is 5.92 Å². The minimum absolute atomic E-state index is 0.178. The minimum Gasteiger partial charge on any atom is -0.468 e. The van der Waals surface area contributed by atoms with Crippen molar-refractivity contribution in [3.8, 4) is 0 Å². The summed E-state index contributed by atoms with van der Waals surface area (Å²) in [6.07, 6.45) is 3.99. The number of rotatable bonds is 11. The predicted octanol–water partition coefficient (Wildman–Crippen LogP) is 3.15. The number of carbonyl (C=O) groups excluding carboxylic acids is 1. The molecule has 0 amide bonds. The van der Waals surface area contributed by atoms with Crippen LogP contribution in [-0.4, -0.2) is 37.9 Å². The van der Waals surface area contributed by atoms with Crippen LogP contribution in [0.15, 0.2) is 0 Å². The van der Waals surface area contributed by atoms with Gasteiger partial charge in [0.1, 0.15) is 5.54 Å². The van der Waals surface area contributed by atoms with Crippen LogP contribution in [0.25, 0.3) is 0 Å². The Bertz CT molecular complexity index is 268. The summed E-state index contributed by atoms with van der Waals surface area (Å²) in [5.41, 5.74) is -0.575. The van der Waals surface area contributed by atoms with Gasteiger partial charge < -0.3 is 14.8 Å². The van der Waals surface area contributed by atoms with Crippen LogP contribution in [0.2, 0.25) is 0 Å². The number of ether oxygens (including phenoxy) is 2. The molecule has 2 atom stereocenters. The molecule has 0 saturated carbocycles. The molecule has 0 radical (unpaired) electrons. The topological polar surface area (TPSA) is 47.6 Å². The molecule has 4 heteroatoms. The van der Waals surface area contributed by atoms with Crippen LogP contribution < -0.4 is 5.32 Å². The summed E-state index contributed by atoms with van der Waals surface area (Å²) in [6, 6.07) is 0. The van der Waals surface area contributed by atoms with Gasteiger partial charge in [-0.3, -0.25) is 4.79 Å². The normalized spacial score (nSPS) is 15.9. The monoisotopic (exact) mass is 287 g/mol. The van der Waals surface area contributed by atoms with Gasteiger partial charge in [-0.15, -0.1) is 0 Å². The van der Waals surface area contributed by atoms with E-state index in [4.69, 9.17) is 9.47 Å². The summed E-state index contributed by atoms with van der Waals surface area (Å²) in [6.45, 7) is 12.0. The molecule has 0 bridgehead atoms. The van der Waals surface area contributed by atoms with Crippen molar-refractivity contribution in [2.75, 3.05) is 20.3 Å². The molecule has 0 aromatic rings. The van der Waals surface area contributed by atoms with Crippen molar-refractivity contribution in [3.63, 3.8) is 0 Å². The Balaban J connectivity index is 4.05. The summed E-state index contributed by atoms with van der Waals surface area (Å²) >= 11 is 0. The second-order valence-corrected chi connectivity index (χ2v) is 6.03. The molecule has 0 saturated heterocycles. The molecule has 2 unspecified atom stereocenters. The van der Waals surface area contributed by atoms with E-state index in [1.165, 1.54) is 7.11 Å². The van der Waals surface area contributed by atoms with Crippen LogP contribution in [0.1, 0.15) is 60.3 Å². The van der Waals surface area contributed by atoms with Crippen LogP contribution in [0.3, 0.4) is 0 Å². The Morgan fingerprint density at radius 2 is 1.90 bits per heavy atom. The Hall–Kier alpha value is -0.610. The second kappa shape index (κ2) is 10.2.